The van der Waals surface area contributed by atoms with Gasteiger partial charge in [0.2, 0.25) is 5.43 Å². The number of carbonyl (C=O) groups is 1. The minimum Gasteiger partial charge on any atom is -0.477 e. The third kappa shape index (κ3) is 2.63. The Morgan fingerprint density at radius 3 is 2.69 bits per heavy atom. The van der Waals surface area contributed by atoms with E-state index in [9.17, 15) is 23.5 Å². The molecule has 3 N–H and O–H groups in total. The lowest BCUT2D eigenvalue weighted by Crippen LogP contribution is -2.26. The van der Waals surface area contributed by atoms with Crippen molar-refractivity contribution in [1.29, 1.82) is 0 Å². The Hall–Kier alpha value is -2.55. The Bertz CT molecular complexity index is 957. The fourth-order valence-corrected chi connectivity index (χ4v) is 3.47. The summed E-state index contributed by atoms with van der Waals surface area (Å²) in [6, 6.07) is 1.04. The first-order valence-electron chi connectivity index (χ1n) is 8.48. The van der Waals surface area contributed by atoms with Crippen LogP contribution < -0.4 is 16.1 Å². The van der Waals surface area contributed by atoms with E-state index in [1.165, 1.54) is 11.1 Å². The van der Waals surface area contributed by atoms with E-state index >= 15 is 0 Å². The number of anilines is 1. The molecule has 1 aliphatic carbocycles. The van der Waals surface area contributed by atoms with Crippen LogP contribution in [0.4, 0.5) is 14.6 Å². The molecule has 2 aliphatic rings. The summed E-state index contributed by atoms with van der Waals surface area (Å²) in [5.41, 5.74) is 4.59. The van der Waals surface area contributed by atoms with Crippen LogP contribution in [0.2, 0.25) is 0 Å². The molecule has 0 bridgehead atoms. The Morgan fingerprint density at radius 1 is 1.38 bits per heavy atom. The maximum absolute atomic E-state index is 14.6. The first-order chi connectivity index (χ1) is 12.4. The molecule has 1 aliphatic heterocycles. The van der Waals surface area contributed by atoms with Gasteiger partial charge < -0.3 is 20.3 Å². The van der Waals surface area contributed by atoms with Gasteiger partial charge in [-0.25, -0.2) is 18.6 Å². The summed E-state index contributed by atoms with van der Waals surface area (Å²) >= 11 is 0. The van der Waals surface area contributed by atoms with E-state index < -0.39 is 34.9 Å². The first kappa shape index (κ1) is 16.9. The second-order valence-corrected chi connectivity index (χ2v) is 6.90. The van der Waals surface area contributed by atoms with Crippen molar-refractivity contribution in [2.24, 2.45) is 11.7 Å². The summed E-state index contributed by atoms with van der Waals surface area (Å²) in [5.74, 6) is -2.56. The molecule has 138 valence electrons. The number of pyridine rings is 2. The van der Waals surface area contributed by atoms with E-state index in [-0.39, 0.29) is 42.5 Å². The van der Waals surface area contributed by atoms with E-state index in [0.29, 0.717) is 0 Å². The van der Waals surface area contributed by atoms with E-state index in [1.807, 2.05) is 0 Å². The number of alkyl halides is 1. The van der Waals surface area contributed by atoms with Crippen LogP contribution in [0.5, 0.6) is 0 Å². The van der Waals surface area contributed by atoms with Crippen molar-refractivity contribution in [2.45, 2.75) is 25.1 Å². The maximum Gasteiger partial charge on any atom is 0.341 e. The molecule has 3 heterocycles. The largest absolute Gasteiger partial charge is 0.477 e. The topological polar surface area (TPSA) is 101 Å². The fraction of sp³-hybridized carbons (Fsp3) is 0.471. The molecular weight excluding hydrogens is 346 g/mol. The number of aromatic carboxylic acids is 1. The molecule has 2 aromatic rings. The number of rotatable bonds is 4. The average Bonchev–Trinajstić information content (AvgIpc) is 3.37. The van der Waals surface area contributed by atoms with Crippen LogP contribution in [0, 0.1) is 11.7 Å². The van der Waals surface area contributed by atoms with Gasteiger partial charge in [-0.3, -0.25) is 4.79 Å². The maximum atomic E-state index is 14.6. The van der Waals surface area contributed by atoms with E-state index in [0.717, 1.165) is 18.9 Å². The van der Waals surface area contributed by atoms with Crippen molar-refractivity contribution in [1.82, 2.24) is 9.55 Å². The molecular formula is C17H18F2N4O3. The van der Waals surface area contributed by atoms with Gasteiger partial charge >= 0.3 is 5.97 Å². The zero-order valence-electron chi connectivity index (χ0n) is 13.9. The Morgan fingerprint density at radius 2 is 2.12 bits per heavy atom. The zero-order valence-corrected chi connectivity index (χ0v) is 13.9. The summed E-state index contributed by atoms with van der Waals surface area (Å²) in [7, 11) is 0. The Kier molecular flexibility index (Phi) is 3.91. The number of hydrogen-bond acceptors (Lipinski definition) is 5. The van der Waals surface area contributed by atoms with Gasteiger partial charge in [0, 0.05) is 24.7 Å². The average molecular weight is 364 g/mol. The van der Waals surface area contributed by atoms with Crippen molar-refractivity contribution in [2.75, 3.05) is 24.5 Å². The van der Waals surface area contributed by atoms with Gasteiger partial charge in [0.1, 0.15) is 17.4 Å². The molecule has 0 spiro atoms. The summed E-state index contributed by atoms with van der Waals surface area (Å²) < 4.78 is 30.3. The van der Waals surface area contributed by atoms with Crippen LogP contribution in [0.15, 0.2) is 17.1 Å². The van der Waals surface area contributed by atoms with Crippen LogP contribution >= 0.6 is 0 Å². The fourth-order valence-electron chi connectivity index (χ4n) is 3.47. The van der Waals surface area contributed by atoms with Gasteiger partial charge in [-0.05, 0) is 25.5 Å². The summed E-state index contributed by atoms with van der Waals surface area (Å²) in [6.45, 7) is 0.383. The van der Waals surface area contributed by atoms with Crippen LogP contribution in [0.1, 0.15) is 29.2 Å². The highest BCUT2D eigenvalue weighted by Gasteiger charge is 2.35. The van der Waals surface area contributed by atoms with Crippen LogP contribution in [-0.2, 0) is 0 Å². The lowest BCUT2D eigenvalue weighted by molar-refractivity contribution is 0.0695. The van der Waals surface area contributed by atoms with Crippen LogP contribution in [-0.4, -0.2) is 46.4 Å². The third-order valence-corrected chi connectivity index (χ3v) is 5.07. The second kappa shape index (κ2) is 6.01. The lowest BCUT2D eigenvalue weighted by atomic mass is 10.1. The van der Waals surface area contributed by atoms with Gasteiger partial charge in [0.05, 0.1) is 11.9 Å². The highest BCUT2D eigenvalue weighted by atomic mass is 19.1. The lowest BCUT2D eigenvalue weighted by Gasteiger charge is -2.19. The molecule has 1 saturated heterocycles. The second-order valence-electron chi connectivity index (χ2n) is 6.90. The number of nitrogens with two attached hydrogens (primary N) is 1. The van der Waals surface area contributed by atoms with Gasteiger partial charge in [0.25, 0.3) is 0 Å². The SMILES string of the molecule is NC[C@@H]1CN(c2nc3c(cc2F)c(=O)c(C(=O)O)cn3C2CC2)C[C@H]1F. The Balaban J connectivity index is 1.89. The van der Waals surface area contributed by atoms with Crippen LogP contribution in [0.25, 0.3) is 11.0 Å². The highest BCUT2D eigenvalue weighted by Crippen LogP contribution is 2.37. The predicted molar refractivity (Wildman–Crippen MR) is 90.8 cm³/mol. The number of nitrogens with zero attached hydrogens (tertiary/aromatic N) is 3. The molecule has 0 unspecified atom stereocenters. The normalized spacial score (nSPS) is 23.0. The van der Waals surface area contributed by atoms with Crippen molar-refractivity contribution in [3.63, 3.8) is 0 Å². The van der Waals surface area contributed by atoms with Gasteiger partial charge in [0.15, 0.2) is 11.6 Å². The summed E-state index contributed by atoms with van der Waals surface area (Å²) in [4.78, 5) is 29.5. The van der Waals surface area contributed by atoms with E-state index in [2.05, 4.69) is 4.98 Å². The van der Waals surface area contributed by atoms with Crippen molar-refractivity contribution < 1.29 is 18.7 Å². The third-order valence-electron chi connectivity index (χ3n) is 5.07. The van der Waals surface area contributed by atoms with Crippen molar-refractivity contribution in [3.8, 4) is 0 Å². The highest BCUT2D eigenvalue weighted by molar-refractivity contribution is 5.92. The smallest absolute Gasteiger partial charge is 0.341 e. The molecule has 0 radical (unpaired) electrons. The number of halogens is 2. The minimum atomic E-state index is -1.36. The first-order valence-corrected chi connectivity index (χ1v) is 8.48. The van der Waals surface area contributed by atoms with Crippen LogP contribution in [0.3, 0.4) is 0 Å². The summed E-state index contributed by atoms with van der Waals surface area (Å²) in [6.07, 6.45) is 1.76. The quantitative estimate of drug-likeness (QED) is 0.848. The Labute approximate surface area is 147 Å². The number of hydrogen-bond donors (Lipinski definition) is 2. The van der Waals surface area contributed by atoms with Crippen molar-refractivity contribution >= 4 is 22.8 Å². The molecule has 7 nitrogen and oxygen atoms in total. The molecule has 4 rings (SSSR count). The summed E-state index contributed by atoms with van der Waals surface area (Å²) in [5, 5.41) is 9.17. The molecule has 0 amide bonds. The van der Waals surface area contributed by atoms with E-state index in [4.69, 9.17) is 5.73 Å². The molecule has 1 saturated carbocycles. The van der Waals surface area contributed by atoms with Gasteiger partial charge in [-0.2, -0.15) is 0 Å². The zero-order chi connectivity index (χ0) is 18.6. The predicted octanol–water partition coefficient (Wildman–Crippen LogP) is 1.30. The van der Waals surface area contributed by atoms with E-state index in [1.54, 1.807) is 4.57 Å². The number of carboxylic acid groups (broad SMARTS) is 1. The number of aromatic nitrogens is 2. The monoisotopic (exact) mass is 364 g/mol. The minimum absolute atomic E-state index is 0.0157. The molecule has 2 aromatic heterocycles. The molecule has 2 atom stereocenters. The molecule has 26 heavy (non-hydrogen) atoms. The van der Waals surface area contributed by atoms with Gasteiger partial charge in [-0.15, -0.1) is 0 Å². The molecule has 9 heteroatoms. The number of fused-ring (bicyclic) bond motifs is 1. The molecule has 0 aromatic carbocycles. The van der Waals surface area contributed by atoms with Crippen molar-refractivity contribution in [3.05, 3.63) is 33.9 Å². The van der Waals surface area contributed by atoms with Gasteiger partial charge in [-0.1, -0.05) is 0 Å². The number of carboxylic acids is 1. The molecule has 2 fully saturated rings. The standard InChI is InChI=1S/C17H18F2N4O3/c18-12-3-10-14(24)11(17(25)26)6-23(9-1-2-9)15(10)21-16(12)22-5-8(4-20)13(19)7-22/h3,6,8-9,13H,1-2,4-5,7,20H2,(H,25,26)/t8-,13-/m1/s1.